The van der Waals surface area contributed by atoms with Gasteiger partial charge in [0.05, 0.1) is 7.11 Å². The highest BCUT2D eigenvalue weighted by Gasteiger charge is 2.26. The molecule has 22 heavy (non-hydrogen) atoms. The van der Waals surface area contributed by atoms with Crippen LogP contribution in [0.4, 0.5) is 4.79 Å². The van der Waals surface area contributed by atoms with Crippen molar-refractivity contribution >= 4 is 23.4 Å². The lowest BCUT2D eigenvalue weighted by molar-refractivity contribution is -0.143. The number of hydrogen-bond acceptors (Lipinski definition) is 5. The van der Waals surface area contributed by atoms with Gasteiger partial charge < -0.3 is 14.8 Å². The molecule has 1 amide bonds. The van der Waals surface area contributed by atoms with E-state index in [2.05, 4.69) is 17.6 Å². The van der Waals surface area contributed by atoms with Crippen molar-refractivity contribution in [2.45, 2.75) is 58.6 Å². The van der Waals surface area contributed by atoms with Crippen LogP contribution in [0.2, 0.25) is 0 Å². The summed E-state index contributed by atoms with van der Waals surface area (Å²) in [4.78, 5) is 23.8. The quantitative estimate of drug-likeness (QED) is 0.814. The topological polar surface area (TPSA) is 64.6 Å². The zero-order chi connectivity index (χ0) is 16.8. The number of carbonyl (C=O) groups excluding carboxylic acids is 2. The van der Waals surface area contributed by atoms with Crippen molar-refractivity contribution in [1.29, 1.82) is 0 Å². The molecule has 1 heterocycles. The fourth-order valence-corrected chi connectivity index (χ4v) is 2.94. The highest BCUT2D eigenvalue weighted by molar-refractivity contribution is 7.08. The first-order valence-corrected chi connectivity index (χ1v) is 8.32. The third-order valence-electron chi connectivity index (χ3n) is 2.95. The number of alkyl carbamates (subject to hydrolysis) is 1. The molecule has 0 bridgehead atoms. The number of rotatable bonds is 6. The molecule has 1 rings (SSSR count). The van der Waals surface area contributed by atoms with E-state index in [0.29, 0.717) is 6.42 Å². The molecule has 1 aromatic heterocycles. The normalized spacial score (nSPS) is 12.6. The van der Waals surface area contributed by atoms with Crippen LogP contribution in [0, 0.1) is 0 Å². The van der Waals surface area contributed by atoms with Gasteiger partial charge in [-0.1, -0.05) is 13.3 Å². The van der Waals surface area contributed by atoms with Crippen molar-refractivity contribution in [2.24, 2.45) is 0 Å². The minimum atomic E-state index is -0.745. The van der Waals surface area contributed by atoms with E-state index in [-0.39, 0.29) is 0 Å². The van der Waals surface area contributed by atoms with E-state index >= 15 is 0 Å². The number of carbonyl (C=O) groups is 2. The lowest BCUT2D eigenvalue weighted by atomic mass is 10.0. The van der Waals surface area contributed by atoms with Crippen LogP contribution < -0.4 is 5.32 Å². The number of ether oxygens (including phenoxy) is 2. The zero-order valence-electron chi connectivity index (χ0n) is 13.9. The van der Waals surface area contributed by atoms with Gasteiger partial charge in [0, 0.05) is 6.42 Å². The fourth-order valence-electron chi connectivity index (χ4n) is 2.02. The third-order valence-corrected chi connectivity index (χ3v) is 3.79. The first-order valence-electron chi connectivity index (χ1n) is 7.38. The van der Waals surface area contributed by atoms with Gasteiger partial charge in [-0.25, -0.2) is 9.59 Å². The Bertz CT molecular complexity index is 504. The summed E-state index contributed by atoms with van der Waals surface area (Å²) in [6.07, 6.45) is 1.78. The van der Waals surface area contributed by atoms with Crippen LogP contribution in [0.25, 0.3) is 0 Å². The van der Waals surface area contributed by atoms with Gasteiger partial charge in [0.2, 0.25) is 0 Å². The van der Waals surface area contributed by atoms with E-state index < -0.39 is 23.7 Å². The summed E-state index contributed by atoms with van der Waals surface area (Å²) in [5, 5.41) is 6.70. The summed E-state index contributed by atoms with van der Waals surface area (Å²) < 4.78 is 9.99. The Balaban J connectivity index is 2.79. The van der Waals surface area contributed by atoms with Crippen LogP contribution in [-0.2, 0) is 27.1 Å². The Morgan fingerprint density at radius 2 is 1.91 bits per heavy atom. The van der Waals surface area contributed by atoms with Gasteiger partial charge in [-0.2, -0.15) is 11.3 Å². The number of amides is 1. The molecule has 1 N–H and O–H groups in total. The van der Waals surface area contributed by atoms with Gasteiger partial charge >= 0.3 is 12.1 Å². The molecule has 0 aliphatic heterocycles. The van der Waals surface area contributed by atoms with Crippen molar-refractivity contribution in [1.82, 2.24) is 5.32 Å². The monoisotopic (exact) mass is 327 g/mol. The molecule has 0 aliphatic rings. The highest BCUT2D eigenvalue weighted by Crippen LogP contribution is 2.19. The molecular weight excluding hydrogens is 302 g/mol. The van der Waals surface area contributed by atoms with Crippen LogP contribution in [0.3, 0.4) is 0 Å². The standard InChI is InChI=1S/C16H25NO4S/c1-6-7-11-9-22-10-12(11)8-13(14(18)20-5)17-15(19)21-16(2,3)4/h9-10,13H,6-8H2,1-5H3,(H,17,19). The molecular formula is C16H25NO4S. The summed E-state index contributed by atoms with van der Waals surface area (Å²) in [6, 6.07) is -0.745. The maximum atomic E-state index is 11.9. The molecule has 6 heteroatoms. The second-order valence-electron chi connectivity index (χ2n) is 6.10. The van der Waals surface area contributed by atoms with E-state index in [4.69, 9.17) is 9.47 Å². The molecule has 0 saturated carbocycles. The number of aryl methyl sites for hydroxylation is 1. The van der Waals surface area contributed by atoms with Crippen LogP contribution in [-0.4, -0.2) is 30.8 Å². The maximum Gasteiger partial charge on any atom is 0.408 e. The van der Waals surface area contributed by atoms with Gasteiger partial charge in [0.15, 0.2) is 0 Å². The van der Waals surface area contributed by atoms with Gasteiger partial charge in [0.25, 0.3) is 0 Å². The Morgan fingerprint density at radius 3 is 2.45 bits per heavy atom. The minimum Gasteiger partial charge on any atom is -0.467 e. The minimum absolute atomic E-state index is 0.407. The molecule has 124 valence electrons. The molecule has 0 saturated heterocycles. The molecule has 1 atom stereocenters. The van der Waals surface area contributed by atoms with Crippen molar-refractivity contribution < 1.29 is 19.1 Å². The lowest BCUT2D eigenvalue weighted by Gasteiger charge is -2.22. The molecule has 0 aliphatic carbocycles. The molecule has 1 aromatic rings. The van der Waals surface area contributed by atoms with Gasteiger partial charge in [0.1, 0.15) is 11.6 Å². The third kappa shape index (κ3) is 6.05. The lowest BCUT2D eigenvalue weighted by Crippen LogP contribution is -2.45. The SMILES string of the molecule is CCCc1cscc1CC(NC(=O)OC(C)(C)C)C(=O)OC. The summed E-state index contributed by atoms with van der Waals surface area (Å²) in [7, 11) is 1.31. The molecule has 5 nitrogen and oxygen atoms in total. The van der Waals surface area contributed by atoms with Crippen LogP contribution in [0.15, 0.2) is 10.8 Å². The van der Waals surface area contributed by atoms with Crippen LogP contribution >= 0.6 is 11.3 Å². The zero-order valence-corrected chi connectivity index (χ0v) is 14.7. The highest BCUT2D eigenvalue weighted by atomic mass is 32.1. The summed E-state index contributed by atoms with van der Waals surface area (Å²) in [5.41, 5.74) is 1.67. The molecule has 0 spiro atoms. The average Bonchev–Trinajstić information content (AvgIpc) is 2.82. The molecule has 0 fully saturated rings. The van der Waals surface area contributed by atoms with Crippen molar-refractivity contribution in [3.05, 3.63) is 21.9 Å². The van der Waals surface area contributed by atoms with E-state index in [1.54, 1.807) is 32.1 Å². The Kier molecular flexibility index (Phi) is 6.87. The Morgan fingerprint density at radius 1 is 1.27 bits per heavy atom. The van der Waals surface area contributed by atoms with E-state index in [1.807, 2.05) is 5.38 Å². The first kappa shape index (κ1) is 18.5. The van der Waals surface area contributed by atoms with Gasteiger partial charge in [-0.15, -0.1) is 0 Å². The van der Waals surface area contributed by atoms with Crippen molar-refractivity contribution in [3.8, 4) is 0 Å². The van der Waals surface area contributed by atoms with E-state index in [1.165, 1.54) is 12.7 Å². The summed E-state index contributed by atoms with van der Waals surface area (Å²) in [5.74, 6) is -0.473. The molecule has 0 radical (unpaired) electrons. The van der Waals surface area contributed by atoms with Gasteiger partial charge in [-0.3, -0.25) is 0 Å². The van der Waals surface area contributed by atoms with Crippen molar-refractivity contribution in [2.75, 3.05) is 7.11 Å². The number of esters is 1. The Labute approximate surface area is 136 Å². The number of hydrogen-bond donors (Lipinski definition) is 1. The second-order valence-corrected chi connectivity index (χ2v) is 6.84. The first-order chi connectivity index (χ1) is 10.3. The average molecular weight is 327 g/mol. The predicted molar refractivity (Wildman–Crippen MR) is 87.2 cm³/mol. The second kappa shape index (κ2) is 8.17. The number of thiophene rings is 1. The van der Waals surface area contributed by atoms with Crippen LogP contribution in [0.1, 0.15) is 45.2 Å². The smallest absolute Gasteiger partial charge is 0.408 e. The molecule has 0 aromatic carbocycles. The van der Waals surface area contributed by atoms with E-state index in [9.17, 15) is 9.59 Å². The number of nitrogens with one attached hydrogen (secondary N) is 1. The summed E-state index contributed by atoms with van der Waals surface area (Å²) in [6.45, 7) is 7.44. The van der Waals surface area contributed by atoms with Crippen molar-refractivity contribution in [3.63, 3.8) is 0 Å². The van der Waals surface area contributed by atoms with Gasteiger partial charge in [-0.05, 0) is 49.1 Å². The predicted octanol–water partition coefficient (Wildman–Crippen LogP) is 3.31. The van der Waals surface area contributed by atoms with E-state index in [0.717, 1.165) is 18.4 Å². The fraction of sp³-hybridized carbons (Fsp3) is 0.625. The number of methoxy groups -OCH3 is 1. The Hall–Kier alpha value is -1.56. The largest absolute Gasteiger partial charge is 0.467 e. The van der Waals surface area contributed by atoms with Crippen LogP contribution in [0.5, 0.6) is 0 Å². The maximum absolute atomic E-state index is 11.9. The summed E-state index contributed by atoms with van der Waals surface area (Å²) >= 11 is 1.60. The molecule has 1 unspecified atom stereocenters.